The summed E-state index contributed by atoms with van der Waals surface area (Å²) in [4.78, 5) is 25.3. The molecule has 122 valence electrons. The fraction of sp³-hybridized carbons (Fsp3) is 0.500. The first-order chi connectivity index (χ1) is 10.3. The van der Waals surface area contributed by atoms with Gasteiger partial charge >= 0.3 is 0 Å². The summed E-state index contributed by atoms with van der Waals surface area (Å²) < 4.78 is 12.8. The Kier molecular flexibility index (Phi) is 6.98. The maximum atomic E-state index is 12.8. The first kappa shape index (κ1) is 18.1. The standard InChI is InChI=1S/C16H24FN3O2/c1-11(2)12(3)18-15(21)9-20(4)10-16(22)19-14-7-5-13(17)6-8-14/h5-8,11-12H,9-10H2,1-4H3,(H,18,21)(H,19,22)/t12-/m0/s1. The molecule has 1 atom stereocenters. The predicted octanol–water partition coefficient (Wildman–Crippen LogP) is 1.86. The molecule has 2 amide bonds. The van der Waals surface area contributed by atoms with Gasteiger partial charge in [-0.1, -0.05) is 13.8 Å². The molecule has 0 spiro atoms. The summed E-state index contributed by atoms with van der Waals surface area (Å²) in [7, 11) is 1.70. The SMILES string of the molecule is CC(C)[C@H](C)NC(=O)CN(C)CC(=O)Nc1ccc(F)cc1. The lowest BCUT2D eigenvalue weighted by Gasteiger charge is -2.20. The van der Waals surface area contributed by atoms with Crippen molar-refractivity contribution in [1.29, 1.82) is 0 Å². The zero-order chi connectivity index (χ0) is 16.7. The van der Waals surface area contributed by atoms with Crippen molar-refractivity contribution < 1.29 is 14.0 Å². The Bertz CT molecular complexity index is 503. The van der Waals surface area contributed by atoms with E-state index in [1.165, 1.54) is 24.3 Å². The van der Waals surface area contributed by atoms with Crippen LogP contribution in [0.4, 0.5) is 10.1 Å². The summed E-state index contributed by atoms with van der Waals surface area (Å²) in [6.07, 6.45) is 0. The number of hydrogen-bond donors (Lipinski definition) is 2. The molecule has 0 unspecified atom stereocenters. The van der Waals surface area contributed by atoms with Crippen LogP contribution >= 0.6 is 0 Å². The second-order valence-corrected chi connectivity index (χ2v) is 5.83. The van der Waals surface area contributed by atoms with E-state index in [-0.39, 0.29) is 36.8 Å². The molecule has 0 aliphatic heterocycles. The summed E-state index contributed by atoms with van der Waals surface area (Å²) in [5.41, 5.74) is 0.526. The number of halogens is 1. The number of likely N-dealkylation sites (N-methyl/N-ethyl adjacent to an activating group) is 1. The van der Waals surface area contributed by atoms with E-state index in [4.69, 9.17) is 0 Å². The maximum Gasteiger partial charge on any atom is 0.238 e. The Balaban J connectivity index is 2.37. The summed E-state index contributed by atoms with van der Waals surface area (Å²) in [6, 6.07) is 5.63. The molecule has 22 heavy (non-hydrogen) atoms. The number of nitrogens with one attached hydrogen (secondary N) is 2. The minimum Gasteiger partial charge on any atom is -0.352 e. The number of nitrogens with zero attached hydrogens (tertiary/aromatic N) is 1. The highest BCUT2D eigenvalue weighted by molar-refractivity contribution is 5.92. The van der Waals surface area contributed by atoms with E-state index in [0.29, 0.717) is 11.6 Å². The third kappa shape index (κ3) is 6.67. The van der Waals surface area contributed by atoms with Crippen molar-refractivity contribution in [1.82, 2.24) is 10.2 Å². The van der Waals surface area contributed by atoms with Gasteiger partial charge in [0.05, 0.1) is 13.1 Å². The fourth-order valence-electron chi connectivity index (χ4n) is 1.75. The van der Waals surface area contributed by atoms with Gasteiger partial charge < -0.3 is 10.6 Å². The molecule has 1 rings (SSSR count). The van der Waals surface area contributed by atoms with Crippen molar-refractivity contribution >= 4 is 17.5 Å². The van der Waals surface area contributed by atoms with Gasteiger partial charge in [-0.3, -0.25) is 14.5 Å². The minimum atomic E-state index is -0.355. The van der Waals surface area contributed by atoms with E-state index in [1.807, 2.05) is 20.8 Å². The number of anilines is 1. The van der Waals surface area contributed by atoms with Gasteiger partial charge in [0.25, 0.3) is 0 Å². The van der Waals surface area contributed by atoms with E-state index in [0.717, 1.165) is 0 Å². The van der Waals surface area contributed by atoms with Gasteiger partial charge in [-0.2, -0.15) is 0 Å². The maximum absolute atomic E-state index is 12.8. The topological polar surface area (TPSA) is 61.4 Å². The number of benzene rings is 1. The molecule has 2 N–H and O–H groups in total. The lowest BCUT2D eigenvalue weighted by molar-refractivity contribution is -0.123. The lowest BCUT2D eigenvalue weighted by atomic mass is 10.1. The second kappa shape index (κ2) is 8.48. The van der Waals surface area contributed by atoms with Gasteiger partial charge in [0.1, 0.15) is 5.82 Å². The molecule has 1 aromatic carbocycles. The molecule has 0 aliphatic rings. The van der Waals surface area contributed by atoms with Crippen molar-refractivity contribution in [2.24, 2.45) is 5.92 Å². The molecule has 5 nitrogen and oxygen atoms in total. The molecule has 1 aromatic rings. The average Bonchev–Trinajstić information content (AvgIpc) is 2.40. The van der Waals surface area contributed by atoms with E-state index in [9.17, 15) is 14.0 Å². The van der Waals surface area contributed by atoms with E-state index in [1.54, 1.807) is 11.9 Å². The van der Waals surface area contributed by atoms with E-state index >= 15 is 0 Å². The molecule has 0 heterocycles. The van der Waals surface area contributed by atoms with Crippen molar-refractivity contribution in [3.63, 3.8) is 0 Å². The van der Waals surface area contributed by atoms with Gasteiger partial charge in [-0.15, -0.1) is 0 Å². The molecule has 6 heteroatoms. The van der Waals surface area contributed by atoms with Crippen molar-refractivity contribution in [2.45, 2.75) is 26.8 Å². The number of carbonyl (C=O) groups is 2. The summed E-state index contributed by atoms with van der Waals surface area (Å²) in [6.45, 7) is 6.24. The number of amides is 2. The van der Waals surface area contributed by atoms with E-state index in [2.05, 4.69) is 10.6 Å². The number of hydrogen-bond acceptors (Lipinski definition) is 3. The van der Waals surface area contributed by atoms with Crippen molar-refractivity contribution in [2.75, 3.05) is 25.5 Å². The van der Waals surface area contributed by atoms with Crippen LogP contribution in [0, 0.1) is 11.7 Å². The van der Waals surface area contributed by atoms with Gasteiger partial charge in [-0.05, 0) is 44.2 Å². The average molecular weight is 309 g/mol. The molecule has 0 fully saturated rings. The Morgan fingerprint density at radius 2 is 1.64 bits per heavy atom. The zero-order valence-corrected chi connectivity index (χ0v) is 13.5. The zero-order valence-electron chi connectivity index (χ0n) is 13.5. The molecule has 0 radical (unpaired) electrons. The molecule has 0 aromatic heterocycles. The smallest absolute Gasteiger partial charge is 0.238 e. The van der Waals surface area contributed by atoms with Crippen LogP contribution in [0.15, 0.2) is 24.3 Å². The molecular formula is C16H24FN3O2. The van der Waals surface area contributed by atoms with Gasteiger partial charge in [0, 0.05) is 11.7 Å². The minimum absolute atomic E-state index is 0.0842. The largest absolute Gasteiger partial charge is 0.352 e. The first-order valence-corrected chi connectivity index (χ1v) is 7.31. The Labute approximate surface area is 130 Å². The van der Waals surface area contributed by atoms with Crippen molar-refractivity contribution in [3.05, 3.63) is 30.1 Å². The molecular weight excluding hydrogens is 285 g/mol. The fourth-order valence-corrected chi connectivity index (χ4v) is 1.75. The Morgan fingerprint density at radius 3 is 2.18 bits per heavy atom. The van der Waals surface area contributed by atoms with Crippen LogP contribution in [-0.2, 0) is 9.59 Å². The normalized spacial score (nSPS) is 12.3. The predicted molar refractivity (Wildman–Crippen MR) is 85.0 cm³/mol. The van der Waals surface area contributed by atoms with Crippen LogP contribution in [0.3, 0.4) is 0 Å². The molecule has 0 saturated carbocycles. The van der Waals surface area contributed by atoms with E-state index < -0.39 is 0 Å². The summed E-state index contributed by atoms with van der Waals surface area (Å²) in [5.74, 6) is -0.362. The molecule has 0 bridgehead atoms. The van der Waals surface area contributed by atoms with Crippen molar-refractivity contribution in [3.8, 4) is 0 Å². The second-order valence-electron chi connectivity index (χ2n) is 5.83. The van der Waals surface area contributed by atoms with Gasteiger partial charge in [0.15, 0.2) is 0 Å². The first-order valence-electron chi connectivity index (χ1n) is 7.31. The summed E-state index contributed by atoms with van der Waals surface area (Å²) in [5, 5.41) is 5.54. The highest BCUT2D eigenvalue weighted by Gasteiger charge is 2.14. The van der Waals surface area contributed by atoms with Crippen LogP contribution in [0.25, 0.3) is 0 Å². The third-order valence-electron chi connectivity index (χ3n) is 3.34. The third-order valence-corrected chi connectivity index (χ3v) is 3.34. The quantitative estimate of drug-likeness (QED) is 0.808. The lowest BCUT2D eigenvalue weighted by Crippen LogP contribution is -2.43. The monoisotopic (exact) mass is 309 g/mol. The number of rotatable bonds is 7. The number of carbonyl (C=O) groups excluding carboxylic acids is 2. The van der Waals surface area contributed by atoms with Crippen LogP contribution < -0.4 is 10.6 Å². The highest BCUT2D eigenvalue weighted by Crippen LogP contribution is 2.08. The molecule has 0 saturated heterocycles. The van der Waals surface area contributed by atoms with Gasteiger partial charge in [-0.25, -0.2) is 4.39 Å². The van der Waals surface area contributed by atoms with Crippen LogP contribution in [0.2, 0.25) is 0 Å². The molecule has 0 aliphatic carbocycles. The van der Waals surface area contributed by atoms with Crippen LogP contribution in [0.5, 0.6) is 0 Å². The summed E-state index contributed by atoms with van der Waals surface area (Å²) >= 11 is 0. The van der Waals surface area contributed by atoms with Crippen LogP contribution in [0.1, 0.15) is 20.8 Å². The Morgan fingerprint density at radius 1 is 1.09 bits per heavy atom. The van der Waals surface area contributed by atoms with Gasteiger partial charge in [0.2, 0.25) is 11.8 Å². The Hall–Kier alpha value is -1.95. The highest BCUT2D eigenvalue weighted by atomic mass is 19.1. The van der Waals surface area contributed by atoms with Crippen LogP contribution in [-0.4, -0.2) is 42.9 Å².